The molecule has 6 heteroatoms. The summed E-state index contributed by atoms with van der Waals surface area (Å²) in [6.07, 6.45) is 2.41. The van der Waals surface area contributed by atoms with Gasteiger partial charge in [0.1, 0.15) is 11.5 Å². The molecule has 0 saturated heterocycles. The first-order valence-electron chi connectivity index (χ1n) is 7.44. The maximum atomic E-state index is 11.7. The Balaban J connectivity index is 1.71. The molecule has 0 aliphatic rings. The molecule has 1 aromatic heterocycles. The lowest BCUT2D eigenvalue weighted by Gasteiger charge is -2.07. The van der Waals surface area contributed by atoms with E-state index in [-0.39, 0.29) is 24.6 Å². The van der Waals surface area contributed by atoms with Crippen molar-refractivity contribution in [2.24, 2.45) is 0 Å². The number of ether oxygens (including phenoxy) is 2. The smallest absolute Gasteiger partial charge is 0.312 e. The third-order valence-electron chi connectivity index (χ3n) is 2.89. The SMILES string of the molecule is CCCOc1ccc(OC(=O)CCNC(=O)c2ccco2)cc1. The number of nitrogens with one attached hydrogen (secondary N) is 1. The molecule has 1 aromatic carbocycles. The fourth-order valence-corrected chi connectivity index (χ4v) is 1.78. The van der Waals surface area contributed by atoms with Gasteiger partial charge in [0.05, 0.1) is 19.3 Å². The quantitative estimate of drug-likeness (QED) is 0.598. The minimum atomic E-state index is -0.424. The lowest BCUT2D eigenvalue weighted by Crippen LogP contribution is -2.26. The third-order valence-corrected chi connectivity index (χ3v) is 2.89. The van der Waals surface area contributed by atoms with E-state index in [1.165, 1.54) is 6.26 Å². The van der Waals surface area contributed by atoms with Gasteiger partial charge < -0.3 is 19.2 Å². The number of hydrogen-bond acceptors (Lipinski definition) is 5. The highest BCUT2D eigenvalue weighted by Gasteiger charge is 2.10. The van der Waals surface area contributed by atoms with Crippen LogP contribution >= 0.6 is 0 Å². The molecule has 0 radical (unpaired) electrons. The van der Waals surface area contributed by atoms with Crippen LogP contribution in [0.1, 0.15) is 30.3 Å². The van der Waals surface area contributed by atoms with Crippen LogP contribution in [0, 0.1) is 0 Å². The van der Waals surface area contributed by atoms with Gasteiger partial charge >= 0.3 is 5.97 Å². The van der Waals surface area contributed by atoms with Crippen LogP contribution in [0.25, 0.3) is 0 Å². The zero-order chi connectivity index (χ0) is 16.5. The maximum Gasteiger partial charge on any atom is 0.312 e. The number of hydrogen-bond donors (Lipinski definition) is 1. The van der Waals surface area contributed by atoms with E-state index in [0.717, 1.165) is 12.2 Å². The molecule has 6 nitrogen and oxygen atoms in total. The molecule has 0 bridgehead atoms. The fourth-order valence-electron chi connectivity index (χ4n) is 1.78. The molecule has 0 aliphatic heterocycles. The summed E-state index contributed by atoms with van der Waals surface area (Å²) in [6, 6.07) is 10.0. The molecule has 2 rings (SSSR count). The average Bonchev–Trinajstić information content (AvgIpc) is 3.08. The van der Waals surface area contributed by atoms with Gasteiger partial charge in [-0.1, -0.05) is 6.92 Å². The first-order chi connectivity index (χ1) is 11.2. The average molecular weight is 317 g/mol. The van der Waals surface area contributed by atoms with Gasteiger partial charge in [0.15, 0.2) is 5.76 Å². The Hall–Kier alpha value is -2.76. The second kappa shape index (κ2) is 8.63. The second-order valence-corrected chi connectivity index (χ2v) is 4.78. The van der Waals surface area contributed by atoms with E-state index in [1.54, 1.807) is 36.4 Å². The minimum absolute atomic E-state index is 0.0700. The Morgan fingerprint density at radius 1 is 1.13 bits per heavy atom. The van der Waals surface area contributed by atoms with Gasteiger partial charge in [-0.05, 0) is 42.8 Å². The zero-order valence-electron chi connectivity index (χ0n) is 12.9. The van der Waals surface area contributed by atoms with E-state index < -0.39 is 5.97 Å². The van der Waals surface area contributed by atoms with E-state index in [9.17, 15) is 9.59 Å². The zero-order valence-corrected chi connectivity index (χ0v) is 12.9. The first-order valence-corrected chi connectivity index (χ1v) is 7.44. The van der Waals surface area contributed by atoms with Gasteiger partial charge in [-0.3, -0.25) is 9.59 Å². The topological polar surface area (TPSA) is 77.8 Å². The summed E-state index contributed by atoms with van der Waals surface area (Å²) in [4.78, 5) is 23.3. The summed E-state index contributed by atoms with van der Waals surface area (Å²) in [5.74, 6) is 0.599. The predicted octanol–water partition coefficient (Wildman–Crippen LogP) is 2.79. The summed E-state index contributed by atoms with van der Waals surface area (Å²) in [5, 5.41) is 2.58. The molecule has 1 N–H and O–H groups in total. The van der Waals surface area contributed by atoms with E-state index in [0.29, 0.717) is 12.4 Å². The molecule has 1 heterocycles. The molecular formula is C17H19NO5. The summed E-state index contributed by atoms with van der Waals surface area (Å²) >= 11 is 0. The molecular weight excluding hydrogens is 298 g/mol. The fraction of sp³-hybridized carbons (Fsp3) is 0.294. The molecule has 0 atom stereocenters. The predicted molar refractivity (Wildman–Crippen MR) is 83.5 cm³/mol. The van der Waals surface area contributed by atoms with Crippen LogP contribution in [0.15, 0.2) is 47.1 Å². The van der Waals surface area contributed by atoms with E-state index in [4.69, 9.17) is 13.9 Å². The highest BCUT2D eigenvalue weighted by molar-refractivity contribution is 5.91. The Bertz CT molecular complexity index is 619. The Kier molecular flexibility index (Phi) is 6.23. The lowest BCUT2D eigenvalue weighted by atomic mass is 10.3. The van der Waals surface area contributed by atoms with Crippen molar-refractivity contribution in [1.29, 1.82) is 0 Å². The summed E-state index contributed by atoms with van der Waals surface area (Å²) in [7, 11) is 0. The Morgan fingerprint density at radius 2 is 1.87 bits per heavy atom. The highest BCUT2D eigenvalue weighted by Crippen LogP contribution is 2.18. The second-order valence-electron chi connectivity index (χ2n) is 4.78. The summed E-state index contributed by atoms with van der Waals surface area (Å²) < 4.78 is 15.6. The van der Waals surface area contributed by atoms with Crippen molar-refractivity contribution in [3.8, 4) is 11.5 Å². The van der Waals surface area contributed by atoms with Gasteiger partial charge in [-0.2, -0.15) is 0 Å². The maximum absolute atomic E-state index is 11.7. The molecule has 23 heavy (non-hydrogen) atoms. The Morgan fingerprint density at radius 3 is 2.52 bits per heavy atom. The lowest BCUT2D eigenvalue weighted by molar-refractivity contribution is -0.134. The molecule has 1 amide bonds. The molecule has 0 aliphatic carbocycles. The van der Waals surface area contributed by atoms with Crippen molar-refractivity contribution >= 4 is 11.9 Å². The van der Waals surface area contributed by atoms with Crippen molar-refractivity contribution < 1.29 is 23.5 Å². The van der Waals surface area contributed by atoms with Crippen LogP contribution in [-0.2, 0) is 4.79 Å². The van der Waals surface area contributed by atoms with Crippen molar-refractivity contribution in [3.05, 3.63) is 48.4 Å². The van der Waals surface area contributed by atoms with Crippen molar-refractivity contribution in [3.63, 3.8) is 0 Å². The standard InChI is InChI=1S/C17H19NO5/c1-2-11-21-13-5-7-14(8-6-13)23-16(19)9-10-18-17(20)15-4-3-12-22-15/h3-8,12H,2,9-11H2,1H3,(H,18,20). The van der Waals surface area contributed by atoms with Crippen LogP contribution in [0.2, 0.25) is 0 Å². The van der Waals surface area contributed by atoms with Crippen LogP contribution in [-0.4, -0.2) is 25.0 Å². The number of carbonyl (C=O) groups is 2. The number of benzene rings is 1. The molecule has 0 saturated carbocycles. The van der Waals surface area contributed by atoms with Crippen LogP contribution < -0.4 is 14.8 Å². The van der Waals surface area contributed by atoms with Gasteiger partial charge in [0, 0.05) is 6.54 Å². The summed E-state index contributed by atoms with van der Waals surface area (Å²) in [5.41, 5.74) is 0. The van der Waals surface area contributed by atoms with E-state index in [1.807, 2.05) is 6.92 Å². The monoisotopic (exact) mass is 317 g/mol. The van der Waals surface area contributed by atoms with Crippen LogP contribution in [0.5, 0.6) is 11.5 Å². The van der Waals surface area contributed by atoms with Crippen molar-refractivity contribution in [1.82, 2.24) is 5.32 Å². The number of carbonyl (C=O) groups excluding carboxylic acids is 2. The first kappa shape index (κ1) is 16.6. The third kappa shape index (κ3) is 5.50. The molecule has 122 valence electrons. The van der Waals surface area contributed by atoms with Crippen molar-refractivity contribution in [2.45, 2.75) is 19.8 Å². The molecule has 2 aromatic rings. The molecule has 0 unspecified atom stereocenters. The van der Waals surface area contributed by atoms with Gasteiger partial charge in [-0.15, -0.1) is 0 Å². The largest absolute Gasteiger partial charge is 0.494 e. The minimum Gasteiger partial charge on any atom is -0.494 e. The van der Waals surface area contributed by atoms with Gasteiger partial charge in [-0.25, -0.2) is 0 Å². The number of furan rings is 1. The summed E-state index contributed by atoms with van der Waals surface area (Å²) in [6.45, 7) is 2.85. The number of rotatable bonds is 8. The highest BCUT2D eigenvalue weighted by atomic mass is 16.5. The van der Waals surface area contributed by atoms with Gasteiger partial charge in [0.25, 0.3) is 5.91 Å². The van der Waals surface area contributed by atoms with Crippen LogP contribution in [0.4, 0.5) is 0 Å². The number of amides is 1. The normalized spacial score (nSPS) is 10.1. The number of esters is 1. The molecule has 0 fully saturated rings. The van der Waals surface area contributed by atoms with E-state index >= 15 is 0 Å². The van der Waals surface area contributed by atoms with Gasteiger partial charge in [0.2, 0.25) is 0 Å². The van der Waals surface area contributed by atoms with E-state index in [2.05, 4.69) is 5.32 Å². The van der Waals surface area contributed by atoms with Crippen LogP contribution in [0.3, 0.4) is 0 Å². The Labute approximate surface area is 134 Å². The van der Waals surface area contributed by atoms with Crippen molar-refractivity contribution in [2.75, 3.05) is 13.2 Å². The molecule has 0 spiro atoms.